The van der Waals surface area contributed by atoms with E-state index in [0.29, 0.717) is 30.5 Å². The summed E-state index contributed by atoms with van der Waals surface area (Å²) in [6.07, 6.45) is 5.21. The lowest BCUT2D eigenvalue weighted by Gasteiger charge is -2.22. The molecule has 0 fully saturated rings. The first-order valence-corrected chi connectivity index (χ1v) is 7.52. The van der Waals surface area contributed by atoms with Crippen LogP contribution in [0, 0.1) is 5.82 Å². The molecule has 1 N–H and O–H groups in total. The number of fused-ring (bicyclic) bond motifs is 1. The highest BCUT2D eigenvalue weighted by Gasteiger charge is 2.12. The summed E-state index contributed by atoms with van der Waals surface area (Å²) in [6, 6.07) is 10.6. The highest BCUT2D eigenvalue weighted by Crippen LogP contribution is 2.21. The van der Waals surface area contributed by atoms with Gasteiger partial charge in [0.05, 0.1) is 12.1 Å². The quantitative estimate of drug-likeness (QED) is 0.760. The van der Waals surface area contributed by atoms with Gasteiger partial charge in [-0.1, -0.05) is 12.1 Å². The lowest BCUT2D eigenvalue weighted by Crippen LogP contribution is -2.26. The summed E-state index contributed by atoms with van der Waals surface area (Å²) < 4.78 is 13.9. The second-order valence-electron chi connectivity index (χ2n) is 5.40. The van der Waals surface area contributed by atoms with Crippen molar-refractivity contribution in [3.05, 3.63) is 71.9 Å². The average Bonchev–Trinajstić information content (AvgIpc) is 2.59. The zero-order chi connectivity index (χ0) is 16.1. The van der Waals surface area contributed by atoms with Gasteiger partial charge < -0.3 is 5.11 Å². The van der Waals surface area contributed by atoms with Gasteiger partial charge in [-0.15, -0.1) is 0 Å². The summed E-state index contributed by atoms with van der Waals surface area (Å²) in [6.45, 7) is 1.84. The van der Waals surface area contributed by atoms with Gasteiger partial charge in [0.15, 0.2) is 0 Å². The number of halogens is 1. The number of nitrogens with zero attached hydrogens (tertiary/aromatic N) is 3. The normalized spacial score (nSPS) is 11.3. The molecule has 0 saturated heterocycles. The fourth-order valence-corrected chi connectivity index (χ4v) is 2.67. The number of hydrogen-bond acceptors (Lipinski definition) is 4. The lowest BCUT2D eigenvalue weighted by atomic mass is 10.1. The molecule has 3 rings (SSSR count). The third kappa shape index (κ3) is 3.70. The van der Waals surface area contributed by atoms with Gasteiger partial charge in [-0.3, -0.25) is 14.9 Å². The van der Waals surface area contributed by atoms with Crippen LogP contribution in [-0.2, 0) is 13.1 Å². The molecule has 0 spiro atoms. The minimum Gasteiger partial charge on any atom is -0.395 e. The van der Waals surface area contributed by atoms with Crippen molar-refractivity contribution in [1.29, 1.82) is 0 Å². The van der Waals surface area contributed by atoms with E-state index in [-0.39, 0.29) is 12.4 Å². The number of hydrogen-bond donors (Lipinski definition) is 1. The maximum atomic E-state index is 13.9. The molecule has 2 heterocycles. The van der Waals surface area contributed by atoms with Crippen molar-refractivity contribution >= 4 is 10.9 Å². The van der Waals surface area contributed by atoms with Crippen LogP contribution in [0.3, 0.4) is 0 Å². The molecule has 1 aromatic carbocycles. The fourth-order valence-electron chi connectivity index (χ4n) is 2.67. The van der Waals surface area contributed by atoms with Gasteiger partial charge in [-0.2, -0.15) is 0 Å². The van der Waals surface area contributed by atoms with Gasteiger partial charge in [-0.05, 0) is 35.4 Å². The van der Waals surface area contributed by atoms with E-state index < -0.39 is 0 Å². The Labute approximate surface area is 134 Å². The van der Waals surface area contributed by atoms with Crippen molar-refractivity contribution < 1.29 is 9.50 Å². The predicted octanol–water partition coefficient (Wildman–Crippen LogP) is 2.76. The Hall–Kier alpha value is -2.37. The third-order valence-corrected chi connectivity index (χ3v) is 3.74. The number of aliphatic hydroxyl groups excluding tert-OH is 1. The van der Waals surface area contributed by atoms with E-state index >= 15 is 0 Å². The van der Waals surface area contributed by atoms with Crippen LogP contribution in [0.5, 0.6) is 0 Å². The molecule has 5 heteroatoms. The van der Waals surface area contributed by atoms with E-state index in [2.05, 4.69) is 14.9 Å². The van der Waals surface area contributed by atoms with Crippen molar-refractivity contribution in [1.82, 2.24) is 14.9 Å². The molecule has 0 radical (unpaired) electrons. The highest BCUT2D eigenvalue weighted by molar-refractivity contribution is 5.82. The topological polar surface area (TPSA) is 49.2 Å². The Balaban J connectivity index is 1.87. The van der Waals surface area contributed by atoms with Gasteiger partial charge in [0.2, 0.25) is 0 Å². The molecule has 0 bridgehead atoms. The van der Waals surface area contributed by atoms with Crippen LogP contribution in [0.25, 0.3) is 10.9 Å². The first-order valence-electron chi connectivity index (χ1n) is 7.52. The summed E-state index contributed by atoms with van der Waals surface area (Å²) in [5.41, 5.74) is 2.68. The van der Waals surface area contributed by atoms with Gasteiger partial charge in [0.25, 0.3) is 0 Å². The molecule has 118 valence electrons. The SMILES string of the molecule is OCCN(Cc1cccnc1)Cc1ccc(F)c2cccnc12. The monoisotopic (exact) mass is 311 g/mol. The largest absolute Gasteiger partial charge is 0.395 e. The number of rotatable bonds is 6. The maximum absolute atomic E-state index is 13.9. The van der Waals surface area contributed by atoms with Crippen molar-refractivity contribution in [2.45, 2.75) is 13.1 Å². The van der Waals surface area contributed by atoms with Crippen LogP contribution in [0.2, 0.25) is 0 Å². The molecule has 4 nitrogen and oxygen atoms in total. The van der Waals surface area contributed by atoms with E-state index in [1.165, 1.54) is 6.07 Å². The standard InChI is InChI=1S/C18H18FN3O/c19-17-6-5-15(18-16(17)4-2-8-21-18)13-22(9-10-23)12-14-3-1-7-20-11-14/h1-8,11,23H,9-10,12-13H2. The predicted molar refractivity (Wildman–Crippen MR) is 87.1 cm³/mol. The van der Waals surface area contributed by atoms with E-state index in [4.69, 9.17) is 0 Å². The summed E-state index contributed by atoms with van der Waals surface area (Å²) in [5, 5.41) is 9.84. The van der Waals surface area contributed by atoms with Gasteiger partial charge in [0.1, 0.15) is 5.82 Å². The summed E-state index contributed by atoms with van der Waals surface area (Å²) in [7, 11) is 0. The molecule has 3 aromatic rings. The fraction of sp³-hybridized carbons (Fsp3) is 0.222. The zero-order valence-electron chi connectivity index (χ0n) is 12.7. The lowest BCUT2D eigenvalue weighted by molar-refractivity contribution is 0.184. The average molecular weight is 311 g/mol. The minimum absolute atomic E-state index is 0.0623. The van der Waals surface area contributed by atoms with Crippen LogP contribution in [0.15, 0.2) is 55.0 Å². The van der Waals surface area contributed by atoms with E-state index in [1.54, 1.807) is 30.6 Å². The maximum Gasteiger partial charge on any atom is 0.132 e. The molecule has 0 amide bonds. The van der Waals surface area contributed by atoms with Gasteiger partial charge >= 0.3 is 0 Å². The molecule has 0 aliphatic rings. The summed E-state index contributed by atoms with van der Waals surface area (Å²) in [5.74, 6) is -0.266. The Morgan fingerprint density at radius 1 is 1.04 bits per heavy atom. The number of benzene rings is 1. The summed E-state index contributed by atoms with van der Waals surface area (Å²) in [4.78, 5) is 10.5. The van der Waals surface area contributed by atoms with Crippen LogP contribution in [0.1, 0.15) is 11.1 Å². The Bertz CT molecular complexity index is 780. The molecule has 0 aliphatic carbocycles. The minimum atomic E-state index is -0.266. The molecule has 2 aromatic heterocycles. The van der Waals surface area contributed by atoms with Crippen molar-refractivity contribution in [2.24, 2.45) is 0 Å². The van der Waals surface area contributed by atoms with Gasteiger partial charge in [-0.25, -0.2) is 4.39 Å². The molecule has 0 saturated carbocycles. The van der Waals surface area contributed by atoms with Crippen molar-refractivity contribution in [3.8, 4) is 0 Å². The second-order valence-corrected chi connectivity index (χ2v) is 5.40. The van der Waals surface area contributed by atoms with Crippen LogP contribution in [-0.4, -0.2) is 33.1 Å². The Morgan fingerprint density at radius 3 is 2.70 bits per heavy atom. The molecule has 23 heavy (non-hydrogen) atoms. The molecule has 0 atom stereocenters. The number of aliphatic hydroxyl groups is 1. The first-order chi connectivity index (χ1) is 11.3. The number of pyridine rings is 2. The molecule has 0 aliphatic heterocycles. The smallest absolute Gasteiger partial charge is 0.132 e. The Morgan fingerprint density at radius 2 is 1.91 bits per heavy atom. The van der Waals surface area contributed by atoms with Crippen molar-refractivity contribution in [3.63, 3.8) is 0 Å². The third-order valence-electron chi connectivity index (χ3n) is 3.74. The molecular weight excluding hydrogens is 293 g/mol. The van der Waals surface area contributed by atoms with Crippen LogP contribution >= 0.6 is 0 Å². The van der Waals surface area contributed by atoms with E-state index in [0.717, 1.165) is 11.1 Å². The molecular formula is C18H18FN3O. The first kappa shape index (κ1) is 15.5. The van der Waals surface area contributed by atoms with E-state index in [9.17, 15) is 9.50 Å². The Kier molecular flexibility index (Phi) is 4.90. The zero-order valence-corrected chi connectivity index (χ0v) is 12.7. The van der Waals surface area contributed by atoms with Gasteiger partial charge in [0, 0.05) is 43.6 Å². The highest BCUT2D eigenvalue weighted by atomic mass is 19.1. The number of aromatic nitrogens is 2. The van der Waals surface area contributed by atoms with Crippen molar-refractivity contribution in [2.75, 3.05) is 13.2 Å². The second kappa shape index (κ2) is 7.26. The molecule has 0 unspecified atom stereocenters. The van der Waals surface area contributed by atoms with Crippen LogP contribution in [0.4, 0.5) is 4.39 Å². The van der Waals surface area contributed by atoms with Crippen LogP contribution < -0.4 is 0 Å². The summed E-state index contributed by atoms with van der Waals surface area (Å²) >= 11 is 0. The van der Waals surface area contributed by atoms with E-state index in [1.807, 2.05) is 18.3 Å².